The molecule has 10 heteroatoms. The maximum absolute atomic E-state index is 14.6. The zero-order valence-electron chi connectivity index (χ0n) is 15.7. The van der Waals surface area contributed by atoms with E-state index in [0.29, 0.717) is 0 Å². The van der Waals surface area contributed by atoms with Crippen LogP contribution in [-0.4, -0.2) is 46.8 Å². The van der Waals surface area contributed by atoms with Crippen molar-refractivity contribution in [3.8, 4) is 0 Å². The smallest absolute Gasteiger partial charge is 0.276 e. The quantitative estimate of drug-likeness (QED) is 0.685. The highest BCUT2D eigenvalue weighted by Gasteiger charge is 2.43. The van der Waals surface area contributed by atoms with E-state index in [4.69, 9.17) is 10.5 Å². The number of nitrogens with zero attached hydrogens (tertiary/aromatic N) is 3. The lowest BCUT2D eigenvalue weighted by Crippen LogP contribution is -2.38. The predicted molar refractivity (Wildman–Crippen MR) is 105 cm³/mol. The van der Waals surface area contributed by atoms with Crippen LogP contribution < -0.4 is 11.1 Å². The molecule has 2 aromatic heterocycles. The van der Waals surface area contributed by atoms with E-state index in [2.05, 4.69) is 15.3 Å². The second kappa shape index (κ2) is 7.79. The number of halogens is 3. The normalized spacial score (nSPS) is 19.0. The highest BCUT2D eigenvalue weighted by Crippen LogP contribution is 2.37. The number of alkyl halides is 2. The summed E-state index contributed by atoms with van der Waals surface area (Å²) in [6.07, 6.45) is 3.27. The van der Waals surface area contributed by atoms with E-state index >= 15 is 0 Å². The summed E-state index contributed by atoms with van der Waals surface area (Å²) in [5.41, 5.74) is 6.25. The van der Waals surface area contributed by atoms with Gasteiger partial charge in [0.15, 0.2) is 0 Å². The van der Waals surface area contributed by atoms with Gasteiger partial charge in [-0.3, -0.25) is 9.79 Å². The third kappa shape index (κ3) is 3.99. The monoisotopic (exact) mass is 417 g/mol. The molecular weight excluding hydrogens is 399 g/mol. The van der Waals surface area contributed by atoms with Gasteiger partial charge < -0.3 is 20.2 Å². The van der Waals surface area contributed by atoms with Crippen molar-refractivity contribution in [1.82, 2.24) is 9.38 Å². The molecule has 0 bridgehead atoms. The Hall–Kier alpha value is -3.40. The molecule has 3 N–H and O–H groups in total. The van der Waals surface area contributed by atoms with Gasteiger partial charge in [0.25, 0.3) is 11.8 Å². The Morgan fingerprint density at radius 2 is 2.13 bits per heavy atom. The molecule has 0 unspecified atom stereocenters. The van der Waals surface area contributed by atoms with Gasteiger partial charge in [-0.25, -0.2) is 18.2 Å². The summed E-state index contributed by atoms with van der Waals surface area (Å²) in [6.45, 7) is -1.42. The van der Waals surface area contributed by atoms with Crippen LogP contribution in [0.4, 0.5) is 18.9 Å². The standard InChI is InChI=1S/C20H18F3N5O2/c21-16-4-3-12(27-19(29)17-7-13-2-1-5-28(13)11-26-17)6-14(16)15-8-30-9-18(24)25-10-20(15,22)23/h1-7,11,15H,8-10H2,(H2,24,25)(H,27,29)/t15-/m1/s1. The SMILES string of the molecule is NC1=NCC(F)(F)[C@@H](c2cc(NC(=O)c3cc4cccn4cn3)ccc2F)COC1. The number of benzene rings is 1. The van der Waals surface area contributed by atoms with Gasteiger partial charge in [-0.2, -0.15) is 0 Å². The van der Waals surface area contributed by atoms with Crippen molar-refractivity contribution in [3.63, 3.8) is 0 Å². The van der Waals surface area contributed by atoms with Crippen molar-refractivity contribution in [2.24, 2.45) is 10.7 Å². The van der Waals surface area contributed by atoms with Crippen LogP contribution in [0.15, 0.2) is 53.9 Å². The lowest BCUT2D eigenvalue weighted by Gasteiger charge is -2.28. The molecule has 156 valence electrons. The number of amidine groups is 1. The minimum atomic E-state index is -3.38. The number of nitrogens with one attached hydrogen (secondary N) is 1. The van der Waals surface area contributed by atoms with E-state index in [1.165, 1.54) is 18.5 Å². The van der Waals surface area contributed by atoms with Crippen LogP contribution in [0.5, 0.6) is 0 Å². The van der Waals surface area contributed by atoms with Crippen LogP contribution in [0.1, 0.15) is 22.0 Å². The van der Waals surface area contributed by atoms with Gasteiger partial charge >= 0.3 is 0 Å². The van der Waals surface area contributed by atoms with Crippen LogP contribution in [0.2, 0.25) is 0 Å². The molecule has 4 rings (SSSR count). The fraction of sp³-hybridized carbons (Fsp3) is 0.250. The summed E-state index contributed by atoms with van der Waals surface area (Å²) in [6, 6.07) is 8.70. The van der Waals surface area contributed by atoms with E-state index in [1.54, 1.807) is 28.8 Å². The summed E-state index contributed by atoms with van der Waals surface area (Å²) in [4.78, 5) is 20.2. The van der Waals surface area contributed by atoms with E-state index < -0.39 is 36.7 Å². The Kier molecular flexibility index (Phi) is 5.17. The minimum absolute atomic E-state index is 0.0398. The number of aromatic nitrogens is 2. The number of rotatable bonds is 3. The molecule has 7 nitrogen and oxygen atoms in total. The lowest BCUT2D eigenvalue weighted by atomic mass is 9.92. The van der Waals surface area contributed by atoms with Crippen molar-refractivity contribution in [2.75, 3.05) is 25.1 Å². The highest BCUT2D eigenvalue weighted by molar-refractivity contribution is 6.03. The number of anilines is 1. The highest BCUT2D eigenvalue weighted by atomic mass is 19.3. The topological polar surface area (TPSA) is 94.0 Å². The molecule has 1 aromatic carbocycles. The molecule has 0 radical (unpaired) electrons. The van der Waals surface area contributed by atoms with Gasteiger partial charge in [-0.05, 0) is 36.4 Å². The second-order valence-corrected chi connectivity index (χ2v) is 6.94. The second-order valence-electron chi connectivity index (χ2n) is 6.94. The Bertz CT molecular complexity index is 1130. The van der Waals surface area contributed by atoms with Gasteiger partial charge in [-0.1, -0.05) is 0 Å². The number of hydrogen-bond acceptors (Lipinski definition) is 5. The van der Waals surface area contributed by atoms with Crippen molar-refractivity contribution in [3.05, 3.63) is 66.0 Å². The molecule has 1 aliphatic rings. The first-order valence-electron chi connectivity index (χ1n) is 9.11. The molecule has 30 heavy (non-hydrogen) atoms. The number of carbonyl (C=O) groups excluding carboxylic acids is 1. The first kappa shape index (κ1) is 19.9. The fourth-order valence-corrected chi connectivity index (χ4v) is 3.23. The Balaban J connectivity index is 1.60. The molecule has 1 amide bonds. The van der Waals surface area contributed by atoms with Crippen molar-refractivity contribution < 1.29 is 22.7 Å². The molecule has 1 aliphatic heterocycles. The molecule has 0 saturated carbocycles. The van der Waals surface area contributed by atoms with Gasteiger partial charge in [0.2, 0.25) is 0 Å². The van der Waals surface area contributed by atoms with Crippen LogP contribution in [0, 0.1) is 5.82 Å². The van der Waals surface area contributed by atoms with E-state index in [1.807, 2.05) is 0 Å². The summed E-state index contributed by atoms with van der Waals surface area (Å²) in [5.74, 6) is -6.37. The molecule has 0 saturated heterocycles. The van der Waals surface area contributed by atoms with Crippen molar-refractivity contribution >= 4 is 22.9 Å². The Morgan fingerprint density at radius 3 is 2.97 bits per heavy atom. The predicted octanol–water partition coefficient (Wildman–Crippen LogP) is 2.83. The van der Waals surface area contributed by atoms with E-state index in [0.717, 1.165) is 11.6 Å². The first-order chi connectivity index (χ1) is 14.3. The third-order valence-corrected chi connectivity index (χ3v) is 4.82. The number of aliphatic imine (C=N–C) groups is 1. The van der Waals surface area contributed by atoms with Crippen molar-refractivity contribution in [2.45, 2.75) is 11.8 Å². The van der Waals surface area contributed by atoms with Crippen LogP contribution >= 0.6 is 0 Å². The molecule has 3 heterocycles. The summed E-state index contributed by atoms with van der Waals surface area (Å²) in [7, 11) is 0. The van der Waals surface area contributed by atoms with Crippen molar-refractivity contribution in [1.29, 1.82) is 0 Å². The van der Waals surface area contributed by atoms with Gasteiger partial charge in [-0.15, -0.1) is 0 Å². The average molecular weight is 417 g/mol. The zero-order valence-corrected chi connectivity index (χ0v) is 15.7. The van der Waals surface area contributed by atoms with Crippen LogP contribution in [0.25, 0.3) is 5.52 Å². The number of nitrogens with two attached hydrogens (primary N) is 1. The minimum Gasteiger partial charge on any atom is -0.386 e. The molecule has 0 spiro atoms. The first-order valence-corrected chi connectivity index (χ1v) is 9.11. The maximum atomic E-state index is 14.6. The maximum Gasteiger partial charge on any atom is 0.276 e. The number of fused-ring (bicyclic) bond motifs is 1. The molecule has 0 fully saturated rings. The van der Waals surface area contributed by atoms with Gasteiger partial charge in [0.05, 0.1) is 18.9 Å². The van der Waals surface area contributed by atoms with Crippen LogP contribution in [-0.2, 0) is 4.74 Å². The largest absolute Gasteiger partial charge is 0.386 e. The van der Waals surface area contributed by atoms with Gasteiger partial charge in [0, 0.05) is 23.0 Å². The number of hydrogen-bond donors (Lipinski definition) is 2. The average Bonchev–Trinajstić information content (AvgIpc) is 3.18. The zero-order chi connectivity index (χ0) is 21.3. The summed E-state index contributed by atoms with van der Waals surface area (Å²) in [5, 5.41) is 2.57. The molecular formula is C20H18F3N5O2. The number of ether oxygens (including phenoxy) is 1. The molecule has 1 atom stereocenters. The molecule has 0 aliphatic carbocycles. The van der Waals surface area contributed by atoms with Gasteiger partial charge in [0.1, 0.15) is 30.5 Å². The number of amides is 1. The Labute approximate surface area is 169 Å². The molecule has 3 aromatic rings. The number of carbonyl (C=O) groups is 1. The summed E-state index contributed by atoms with van der Waals surface area (Å²) >= 11 is 0. The fourth-order valence-electron chi connectivity index (χ4n) is 3.23. The third-order valence-electron chi connectivity index (χ3n) is 4.82. The van der Waals surface area contributed by atoms with E-state index in [9.17, 15) is 18.0 Å². The summed E-state index contributed by atoms with van der Waals surface area (Å²) < 4.78 is 50.6. The lowest BCUT2D eigenvalue weighted by molar-refractivity contribution is -0.0473. The Morgan fingerprint density at radius 1 is 1.30 bits per heavy atom. The van der Waals surface area contributed by atoms with Crippen LogP contribution in [0.3, 0.4) is 0 Å². The van der Waals surface area contributed by atoms with E-state index in [-0.39, 0.29) is 29.4 Å².